The molecule has 2 aromatic rings. The number of amides is 1. The van der Waals surface area contributed by atoms with Crippen LogP contribution in [0.5, 0.6) is 5.75 Å². The van der Waals surface area contributed by atoms with Crippen LogP contribution in [0.2, 0.25) is 0 Å². The molecule has 2 aromatic carbocycles. The van der Waals surface area contributed by atoms with Crippen molar-refractivity contribution in [1.82, 2.24) is 5.32 Å². The van der Waals surface area contributed by atoms with Crippen LogP contribution in [0.25, 0.3) is 0 Å². The number of nitrogens with one attached hydrogen (secondary N) is 1. The minimum absolute atomic E-state index is 0.0190. The highest BCUT2D eigenvalue weighted by Gasteiger charge is 2.13. The van der Waals surface area contributed by atoms with Crippen LogP contribution in [0.1, 0.15) is 34.9 Å². The predicted molar refractivity (Wildman–Crippen MR) is 103 cm³/mol. The third kappa shape index (κ3) is 5.75. The zero-order chi connectivity index (χ0) is 18.9. The SMILES string of the molecule is CN(CCCCNCC(O)c1ccc(O)c(C(N)=O)c1)c1ccccc1. The molecule has 0 saturated heterocycles. The number of para-hydroxylation sites is 1. The Bertz CT molecular complexity index is 707. The molecule has 0 bridgehead atoms. The molecule has 0 radical (unpaired) electrons. The van der Waals surface area contributed by atoms with Gasteiger partial charge in [-0.25, -0.2) is 0 Å². The van der Waals surface area contributed by atoms with Crippen LogP contribution < -0.4 is 16.0 Å². The van der Waals surface area contributed by atoms with Crippen molar-refractivity contribution in [1.29, 1.82) is 0 Å². The molecule has 0 aromatic heterocycles. The topological polar surface area (TPSA) is 98.8 Å². The second-order valence-electron chi connectivity index (χ2n) is 6.32. The summed E-state index contributed by atoms with van der Waals surface area (Å²) in [7, 11) is 2.08. The number of aliphatic hydroxyl groups excluding tert-OH is 1. The van der Waals surface area contributed by atoms with E-state index in [4.69, 9.17) is 5.73 Å². The van der Waals surface area contributed by atoms with Crippen LogP contribution in [0.3, 0.4) is 0 Å². The Labute approximate surface area is 154 Å². The Kier molecular flexibility index (Phi) is 7.44. The number of aliphatic hydroxyl groups is 1. The van der Waals surface area contributed by atoms with Gasteiger partial charge in [0.05, 0.1) is 11.7 Å². The maximum Gasteiger partial charge on any atom is 0.252 e. The normalized spacial score (nSPS) is 11.9. The number of aromatic hydroxyl groups is 1. The summed E-state index contributed by atoms with van der Waals surface area (Å²) in [6, 6.07) is 14.6. The Hall–Kier alpha value is -2.57. The lowest BCUT2D eigenvalue weighted by atomic mass is 10.0. The second-order valence-corrected chi connectivity index (χ2v) is 6.32. The van der Waals surface area contributed by atoms with Crippen molar-refractivity contribution >= 4 is 11.6 Å². The first kappa shape index (κ1) is 19.8. The van der Waals surface area contributed by atoms with Crippen LogP contribution in [0.4, 0.5) is 5.69 Å². The maximum atomic E-state index is 11.2. The number of nitrogens with two attached hydrogens (primary N) is 1. The first-order valence-electron chi connectivity index (χ1n) is 8.76. The van der Waals surface area contributed by atoms with Crippen molar-refractivity contribution in [3.63, 3.8) is 0 Å². The quantitative estimate of drug-likeness (QED) is 0.488. The average Bonchev–Trinajstić information content (AvgIpc) is 2.65. The summed E-state index contributed by atoms with van der Waals surface area (Å²) in [4.78, 5) is 13.5. The lowest BCUT2D eigenvalue weighted by Crippen LogP contribution is -2.24. The highest BCUT2D eigenvalue weighted by atomic mass is 16.3. The van der Waals surface area contributed by atoms with Gasteiger partial charge in [-0.15, -0.1) is 0 Å². The van der Waals surface area contributed by atoms with E-state index >= 15 is 0 Å². The molecule has 5 N–H and O–H groups in total. The summed E-state index contributed by atoms with van der Waals surface area (Å²) in [5.74, 6) is -0.893. The summed E-state index contributed by atoms with van der Waals surface area (Å²) in [5, 5.41) is 23.0. The van der Waals surface area contributed by atoms with E-state index in [9.17, 15) is 15.0 Å². The fourth-order valence-corrected chi connectivity index (χ4v) is 2.73. The van der Waals surface area contributed by atoms with Gasteiger partial charge in [0, 0.05) is 25.8 Å². The van der Waals surface area contributed by atoms with Crippen molar-refractivity contribution in [2.24, 2.45) is 5.73 Å². The molecule has 26 heavy (non-hydrogen) atoms. The van der Waals surface area contributed by atoms with Gasteiger partial charge >= 0.3 is 0 Å². The zero-order valence-electron chi connectivity index (χ0n) is 15.1. The summed E-state index contributed by atoms with van der Waals surface area (Å²) in [5.41, 5.74) is 6.98. The van der Waals surface area contributed by atoms with Gasteiger partial charge in [0.2, 0.25) is 0 Å². The van der Waals surface area contributed by atoms with Gasteiger partial charge in [0.25, 0.3) is 5.91 Å². The van der Waals surface area contributed by atoms with E-state index in [1.807, 2.05) is 18.2 Å². The number of rotatable bonds is 10. The molecule has 6 heteroatoms. The number of benzene rings is 2. The molecule has 1 amide bonds. The summed E-state index contributed by atoms with van der Waals surface area (Å²) in [6.07, 6.45) is 1.27. The highest BCUT2D eigenvalue weighted by molar-refractivity contribution is 5.95. The number of carbonyl (C=O) groups excluding carboxylic acids is 1. The van der Waals surface area contributed by atoms with E-state index in [-0.39, 0.29) is 11.3 Å². The van der Waals surface area contributed by atoms with E-state index in [0.717, 1.165) is 25.9 Å². The minimum atomic E-state index is -0.763. The molecule has 6 nitrogen and oxygen atoms in total. The van der Waals surface area contributed by atoms with Crippen molar-refractivity contribution < 1.29 is 15.0 Å². The van der Waals surface area contributed by atoms with Crippen LogP contribution >= 0.6 is 0 Å². The van der Waals surface area contributed by atoms with Gasteiger partial charge in [-0.05, 0) is 49.2 Å². The van der Waals surface area contributed by atoms with Crippen LogP contribution in [-0.4, -0.2) is 42.8 Å². The molecule has 0 spiro atoms. The first-order valence-corrected chi connectivity index (χ1v) is 8.76. The van der Waals surface area contributed by atoms with Gasteiger partial charge in [-0.1, -0.05) is 24.3 Å². The first-order chi connectivity index (χ1) is 12.5. The van der Waals surface area contributed by atoms with Gasteiger partial charge in [0.15, 0.2) is 0 Å². The third-order valence-corrected chi connectivity index (χ3v) is 4.30. The molecule has 0 aliphatic rings. The Morgan fingerprint density at radius 1 is 1.19 bits per heavy atom. The van der Waals surface area contributed by atoms with E-state index in [0.29, 0.717) is 12.1 Å². The molecule has 0 aliphatic heterocycles. The summed E-state index contributed by atoms with van der Waals surface area (Å²) < 4.78 is 0. The monoisotopic (exact) mass is 357 g/mol. The Morgan fingerprint density at radius 3 is 2.62 bits per heavy atom. The van der Waals surface area contributed by atoms with Gasteiger partial charge in [-0.3, -0.25) is 4.79 Å². The number of hydrogen-bond donors (Lipinski definition) is 4. The second kappa shape index (κ2) is 9.79. The molecule has 140 valence electrons. The summed E-state index contributed by atoms with van der Waals surface area (Å²) in [6.45, 7) is 2.13. The molecule has 0 heterocycles. The van der Waals surface area contributed by atoms with Crippen molar-refractivity contribution in [2.45, 2.75) is 18.9 Å². The molecular weight excluding hydrogens is 330 g/mol. The largest absolute Gasteiger partial charge is 0.507 e. The van der Waals surface area contributed by atoms with Gasteiger partial charge in [0.1, 0.15) is 5.75 Å². The van der Waals surface area contributed by atoms with Gasteiger partial charge in [-0.2, -0.15) is 0 Å². The van der Waals surface area contributed by atoms with E-state index in [1.165, 1.54) is 17.8 Å². The number of nitrogens with zero attached hydrogens (tertiary/aromatic N) is 1. The van der Waals surface area contributed by atoms with E-state index in [2.05, 4.69) is 29.4 Å². The third-order valence-electron chi connectivity index (χ3n) is 4.30. The van der Waals surface area contributed by atoms with E-state index < -0.39 is 12.0 Å². The number of unbranched alkanes of at least 4 members (excludes halogenated alkanes) is 1. The molecule has 0 fully saturated rings. The Morgan fingerprint density at radius 2 is 1.92 bits per heavy atom. The smallest absolute Gasteiger partial charge is 0.252 e. The lowest BCUT2D eigenvalue weighted by Gasteiger charge is -2.19. The van der Waals surface area contributed by atoms with Crippen LogP contribution in [-0.2, 0) is 0 Å². The lowest BCUT2D eigenvalue weighted by molar-refractivity contribution is 0.0997. The standard InChI is InChI=1S/C20H27N3O3/c1-23(16-7-3-2-4-8-16)12-6-5-11-22-14-19(25)15-9-10-18(24)17(13-15)20(21)26/h2-4,7-10,13,19,22,24-25H,5-6,11-12,14H2,1H3,(H2,21,26). The van der Waals surface area contributed by atoms with Gasteiger partial charge < -0.3 is 26.2 Å². The molecule has 1 unspecified atom stereocenters. The molecule has 0 aliphatic carbocycles. The average molecular weight is 357 g/mol. The highest BCUT2D eigenvalue weighted by Crippen LogP contribution is 2.21. The van der Waals surface area contributed by atoms with Crippen molar-refractivity contribution in [3.05, 3.63) is 59.7 Å². The number of primary amides is 1. The summed E-state index contributed by atoms with van der Waals surface area (Å²) >= 11 is 0. The molecular formula is C20H27N3O3. The van der Waals surface area contributed by atoms with Crippen LogP contribution in [0.15, 0.2) is 48.5 Å². The molecule has 2 rings (SSSR count). The molecule has 0 saturated carbocycles. The van der Waals surface area contributed by atoms with Crippen molar-refractivity contribution in [3.8, 4) is 5.75 Å². The van der Waals surface area contributed by atoms with Crippen LogP contribution in [0, 0.1) is 0 Å². The fourth-order valence-electron chi connectivity index (χ4n) is 2.73. The molecule has 1 atom stereocenters. The number of hydrogen-bond acceptors (Lipinski definition) is 5. The van der Waals surface area contributed by atoms with Crippen molar-refractivity contribution in [2.75, 3.05) is 31.6 Å². The number of phenols is 1. The minimum Gasteiger partial charge on any atom is -0.507 e. The Balaban J connectivity index is 1.68. The van der Waals surface area contributed by atoms with E-state index in [1.54, 1.807) is 6.07 Å². The number of anilines is 1. The number of carbonyl (C=O) groups is 1. The predicted octanol–water partition coefficient (Wildman–Crippen LogP) is 2.03. The maximum absolute atomic E-state index is 11.2. The fraction of sp³-hybridized carbons (Fsp3) is 0.350. The zero-order valence-corrected chi connectivity index (χ0v) is 15.1.